The predicted octanol–water partition coefficient (Wildman–Crippen LogP) is 1.86. The summed E-state index contributed by atoms with van der Waals surface area (Å²) in [6.07, 6.45) is 0. The van der Waals surface area contributed by atoms with Gasteiger partial charge in [-0.25, -0.2) is 0 Å². The number of benzene rings is 1. The summed E-state index contributed by atoms with van der Waals surface area (Å²) in [5.74, 6) is 0.817. The number of nitrogens with two attached hydrogens (primary N) is 1. The van der Waals surface area contributed by atoms with E-state index in [1.54, 1.807) is 0 Å². The average Bonchev–Trinajstić information content (AvgIpc) is 2.36. The van der Waals surface area contributed by atoms with Crippen LogP contribution in [0.4, 0.5) is 0 Å². The molecule has 0 radical (unpaired) electrons. The van der Waals surface area contributed by atoms with E-state index in [0.29, 0.717) is 12.3 Å². The molecule has 0 aliphatic carbocycles. The van der Waals surface area contributed by atoms with Crippen LogP contribution >= 0.6 is 0 Å². The van der Waals surface area contributed by atoms with Gasteiger partial charge in [0.25, 0.3) is 5.91 Å². The summed E-state index contributed by atoms with van der Waals surface area (Å²) < 4.78 is 5.47. The van der Waals surface area contributed by atoms with Crippen LogP contribution in [0.25, 0.3) is 0 Å². The molecular formula is C15H24N2O2. The minimum absolute atomic E-state index is 0.00572. The maximum Gasteiger partial charge on any atom is 0.258 e. The number of carbonyl (C=O) groups excluding carboxylic acids is 1. The van der Waals surface area contributed by atoms with Crippen molar-refractivity contribution in [3.05, 3.63) is 29.8 Å². The number of hydrogen-bond acceptors (Lipinski definition) is 3. The van der Waals surface area contributed by atoms with Gasteiger partial charge in [0.05, 0.1) is 5.54 Å². The van der Waals surface area contributed by atoms with Crippen LogP contribution in [-0.2, 0) is 4.79 Å². The van der Waals surface area contributed by atoms with Crippen LogP contribution in [0.2, 0.25) is 0 Å². The first-order valence-electron chi connectivity index (χ1n) is 6.58. The lowest BCUT2D eigenvalue weighted by Crippen LogP contribution is -2.56. The van der Waals surface area contributed by atoms with Crippen LogP contribution in [0.3, 0.4) is 0 Å². The Morgan fingerprint density at radius 2 is 2.16 bits per heavy atom. The third kappa shape index (κ3) is 4.56. The number of rotatable bonds is 6. The highest BCUT2D eigenvalue weighted by molar-refractivity contribution is 5.78. The molecule has 0 bridgehead atoms. The molecule has 0 saturated heterocycles. The number of ether oxygens (including phenoxy) is 1. The van der Waals surface area contributed by atoms with Crippen LogP contribution < -0.4 is 15.8 Å². The molecule has 0 aromatic heterocycles. The highest BCUT2D eigenvalue weighted by Crippen LogP contribution is 2.15. The largest absolute Gasteiger partial charge is 0.484 e. The predicted molar refractivity (Wildman–Crippen MR) is 77.1 cm³/mol. The van der Waals surface area contributed by atoms with E-state index in [1.807, 2.05) is 52.0 Å². The molecule has 4 nitrogen and oxygen atoms in total. The van der Waals surface area contributed by atoms with Crippen molar-refractivity contribution in [1.29, 1.82) is 0 Å². The van der Waals surface area contributed by atoms with Crippen molar-refractivity contribution in [2.75, 3.05) is 13.2 Å². The molecule has 4 heteroatoms. The molecule has 3 N–H and O–H groups in total. The van der Waals surface area contributed by atoms with Crippen molar-refractivity contribution in [1.82, 2.24) is 5.32 Å². The molecule has 1 rings (SSSR count). The fourth-order valence-corrected chi connectivity index (χ4v) is 1.64. The molecule has 1 unspecified atom stereocenters. The van der Waals surface area contributed by atoms with Crippen LogP contribution in [0.1, 0.15) is 26.3 Å². The Balaban J connectivity index is 2.52. The first-order chi connectivity index (χ1) is 8.87. The van der Waals surface area contributed by atoms with Gasteiger partial charge in [-0.2, -0.15) is 0 Å². The van der Waals surface area contributed by atoms with E-state index in [9.17, 15) is 4.79 Å². The summed E-state index contributed by atoms with van der Waals surface area (Å²) in [7, 11) is 0. The lowest BCUT2D eigenvalue weighted by molar-refractivity contribution is -0.125. The van der Waals surface area contributed by atoms with Gasteiger partial charge in [0.15, 0.2) is 6.61 Å². The molecular weight excluding hydrogens is 240 g/mol. The fourth-order valence-electron chi connectivity index (χ4n) is 1.64. The highest BCUT2D eigenvalue weighted by atomic mass is 16.5. The summed E-state index contributed by atoms with van der Waals surface area (Å²) in [6, 6.07) is 7.63. The van der Waals surface area contributed by atoms with Crippen molar-refractivity contribution in [2.24, 2.45) is 11.7 Å². The monoisotopic (exact) mass is 264 g/mol. The first-order valence-corrected chi connectivity index (χ1v) is 6.58. The van der Waals surface area contributed by atoms with Gasteiger partial charge in [-0.1, -0.05) is 26.0 Å². The minimum Gasteiger partial charge on any atom is -0.484 e. The molecule has 1 aromatic carbocycles. The normalized spacial score (nSPS) is 14.0. The van der Waals surface area contributed by atoms with Gasteiger partial charge in [0, 0.05) is 6.54 Å². The standard InChI is InChI=1S/C15H24N2O2/c1-11(2)15(4,10-16)17-14(18)9-19-13-7-5-6-12(3)8-13/h5-8,11H,9-10,16H2,1-4H3,(H,17,18). The molecule has 0 aliphatic rings. The van der Waals surface area contributed by atoms with E-state index in [1.165, 1.54) is 0 Å². The quantitative estimate of drug-likeness (QED) is 0.824. The van der Waals surface area contributed by atoms with Gasteiger partial charge in [-0.05, 0) is 37.5 Å². The third-order valence-electron chi connectivity index (χ3n) is 3.48. The fraction of sp³-hybridized carbons (Fsp3) is 0.533. The second kappa shape index (κ2) is 6.57. The zero-order chi connectivity index (χ0) is 14.5. The summed E-state index contributed by atoms with van der Waals surface area (Å²) >= 11 is 0. The van der Waals surface area contributed by atoms with Gasteiger partial charge in [-0.15, -0.1) is 0 Å². The number of hydrogen-bond donors (Lipinski definition) is 2. The van der Waals surface area contributed by atoms with Gasteiger partial charge >= 0.3 is 0 Å². The third-order valence-corrected chi connectivity index (χ3v) is 3.48. The molecule has 0 fully saturated rings. The van der Waals surface area contributed by atoms with Crippen molar-refractivity contribution < 1.29 is 9.53 Å². The Morgan fingerprint density at radius 1 is 1.47 bits per heavy atom. The van der Waals surface area contributed by atoms with Gasteiger partial charge in [0.1, 0.15) is 5.75 Å². The summed E-state index contributed by atoms with van der Waals surface area (Å²) in [5.41, 5.74) is 6.44. The van der Waals surface area contributed by atoms with E-state index in [4.69, 9.17) is 10.5 Å². The van der Waals surface area contributed by atoms with Crippen molar-refractivity contribution in [3.63, 3.8) is 0 Å². The number of amides is 1. The van der Waals surface area contributed by atoms with Gasteiger partial charge in [0.2, 0.25) is 0 Å². The highest BCUT2D eigenvalue weighted by Gasteiger charge is 2.28. The second-order valence-electron chi connectivity index (χ2n) is 5.43. The number of aryl methyl sites for hydroxylation is 1. The molecule has 0 spiro atoms. The Bertz CT molecular complexity index is 432. The molecule has 0 heterocycles. The van der Waals surface area contributed by atoms with E-state index >= 15 is 0 Å². The van der Waals surface area contributed by atoms with Crippen LogP contribution in [0.5, 0.6) is 5.75 Å². The lowest BCUT2D eigenvalue weighted by Gasteiger charge is -2.33. The number of carbonyl (C=O) groups is 1. The van der Waals surface area contributed by atoms with E-state index < -0.39 is 5.54 Å². The molecule has 1 atom stereocenters. The molecule has 0 saturated carbocycles. The summed E-state index contributed by atoms with van der Waals surface area (Å²) in [4.78, 5) is 11.9. The Kier molecular flexibility index (Phi) is 5.36. The Labute approximate surface area is 115 Å². The Hall–Kier alpha value is -1.55. The van der Waals surface area contributed by atoms with Crippen LogP contribution in [0, 0.1) is 12.8 Å². The Morgan fingerprint density at radius 3 is 2.68 bits per heavy atom. The molecule has 1 aromatic rings. The van der Waals surface area contributed by atoms with E-state index in [0.717, 1.165) is 5.56 Å². The zero-order valence-corrected chi connectivity index (χ0v) is 12.2. The molecule has 0 aliphatic heterocycles. The van der Waals surface area contributed by atoms with E-state index in [-0.39, 0.29) is 18.4 Å². The summed E-state index contributed by atoms with van der Waals surface area (Å²) in [6.45, 7) is 8.41. The maximum atomic E-state index is 11.9. The average molecular weight is 264 g/mol. The molecule has 19 heavy (non-hydrogen) atoms. The molecule has 106 valence electrons. The number of nitrogens with one attached hydrogen (secondary N) is 1. The van der Waals surface area contributed by atoms with Crippen molar-refractivity contribution in [3.8, 4) is 5.75 Å². The molecule has 1 amide bonds. The smallest absolute Gasteiger partial charge is 0.258 e. The van der Waals surface area contributed by atoms with Gasteiger partial charge < -0.3 is 15.8 Å². The van der Waals surface area contributed by atoms with Crippen molar-refractivity contribution in [2.45, 2.75) is 33.2 Å². The van der Waals surface area contributed by atoms with Crippen LogP contribution in [0.15, 0.2) is 24.3 Å². The lowest BCUT2D eigenvalue weighted by atomic mass is 9.88. The van der Waals surface area contributed by atoms with Crippen molar-refractivity contribution >= 4 is 5.91 Å². The second-order valence-corrected chi connectivity index (χ2v) is 5.43. The van der Waals surface area contributed by atoms with Gasteiger partial charge in [-0.3, -0.25) is 4.79 Å². The SMILES string of the molecule is Cc1cccc(OCC(=O)NC(C)(CN)C(C)C)c1. The summed E-state index contributed by atoms with van der Waals surface area (Å²) in [5, 5.41) is 2.94. The van der Waals surface area contributed by atoms with Crippen LogP contribution in [-0.4, -0.2) is 24.6 Å². The first kappa shape index (κ1) is 15.5. The topological polar surface area (TPSA) is 64.3 Å². The maximum absolute atomic E-state index is 11.9. The zero-order valence-electron chi connectivity index (χ0n) is 12.2. The minimum atomic E-state index is -0.396. The van der Waals surface area contributed by atoms with E-state index in [2.05, 4.69) is 5.32 Å².